The van der Waals surface area contributed by atoms with E-state index in [1.54, 1.807) is 29.6 Å². The molecule has 0 saturated carbocycles. The van der Waals surface area contributed by atoms with Gasteiger partial charge in [0.2, 0.25) is 5.91 Å². The van der Waals surface area contributed by atoms with Crippen LogP contribution in [0.3, 0.4) is 0 Å². The number of carbonyl (C=O) groups excluding carboxylic acids is 2. The molecule has 0 saturated heterocycles. The smallest absolute Gasteiger partial charge is 0.230 e. The van der Waals surface area contributed by atoms with Crippen molar-refractivity contribution in [3.63, 3.8) is 0 Å². The van der Waals surface area contributed by atoms with E-state index in [4.69, 9.17) is 11.6 Å². The monoisotopic (exact) mass is 280 g/mol. The van der Waals surface area contributed by atoms with Gasteiger partial charge in [0.05, 0.1) is 5.69 Å². The standard InChI is InChI=1S/C12H9ClN2O2S/c1-8(17)15(11-4-2-9(13)3-5-11)12-14-10(6-16)7-18-12/h2-7H,1H3. The first-order chi connectivity index (χ1) is 8.61. The van der Waals surface area contributed by atoms with Crippen molar-refractivity contribution in [2.24, 2.45) is 0 Å². The topological polar surface area (TPSA) is 50.3 Å². The molecular weight excluding hydrogens is 272 g/mol. The zero-order chi connectivity index (χ0) is 13.1. The van der Waals surface area contributed by atoms with E-state index >= 15 is 0 Å². The Kier molecular flexibility index (Phi) is 3.74. The van der Waals surface area contributed by atoms with Crippen LogP contribution in [0.15, 0.2) is 29.6 Å². The molecule has 18 heavy (non-hydrogen) atoms. The molecule has 92 valence electrons. The average molecular weight is 281 g/mol. The Bertz CT molecular complexity index is 580. The molecule has 0 unspecified atom stereocenters. The van der Waals surface area contributed by atoms with Crippen molar-refractivity contribution in [2.75, 3.05) is 4.90 Å². The molecule has 0 aliphatic heterocycles. The van der Waals surface area contributed by atoms with Gasteiger partial charge in [-0.1, -0.05) is 11.6 Å². The molecule has 0 aliphatic rings. The zero-order valence-corrected chi connectivity index (χ0v) is 11.0. The molecule has 1 heterocycles. The largest absolute Gasteiger partial charge is 0.296 e. The van der Waals surface area contributed by atoms with Crippen LogP contribution >= 0.6 is 22.9 Å². The molecule has 0 atom stereocenters. The van der Waals surface area contributed by atoms with Crippen molar-refractivity contribution in [3.8, 4) is 0 Å². The number of amides is 1. The Morgan fingerprint density at radius 2 is 2.06 bits per heavy atom. The van der Waals surface area contributed by atoms with Crippen molar-refractivity contribution in [2.45, 2.75) is 6.92 Å². The number of carbonyl (C=O) groups is 2. The number of anilines is 2. The van der Waals surface area contributed by atoms with E-state index in [0.717, 1.165) is 0 Å². The maximum atomic E-state index is 11.7. The Hall–Kier alpha value is -1.72. The number of nitrogens with zero attached hydrogens (tertiary/aromatic N) is 2. The fourth-order valence-corrected chi connectivity index (χ4v) is 2.41. The van der Waals surface area contributed by atoms with Crippen LogP contribution in [0.5, 0.6) is 0 Å². The third kappa shape index (κ3) is 2.57. The van der Waals surface area contributed by atoms with E-state index in [9.17, 15) is 9.59 Å². The van der Waals surface area contributed by atoms with E-state index in [0.29, 0.717) is 27.8 Å². The predicted octanol–water partition coefficient (Wildman–Crippen LogP) is 3.29. The number of hydrogen-bond acceptors (Lipinski definition) is 4. The van der Waals surface area contributed by atoms with Gasteiger partial charge in [0.1, 0.15) is 5.69 Å². The molecule has 0 spiro atoms. The van der Waals surface area contributed by atoms with Crippen molar-refractivity contribution >= 4 is 46.0 Å². The van der Waals surface area contributed by atoms with Crippen LogP contribution in [0.2, 0.25) is 5.02 Å². The van der Waals surface area contributed by atoms with Crippen LogP contribution in [0.4, 0.5) is 10.8 Å². The van der Waals surface area contributed by atoms with E-state index in [-0.39, 0.29) is 5.91 Å². The highest BCUT2D eigenvalue weighted by Crippen LogP contribution is 2.29. The summed E-state index contributed by atoms with van der Waals surface area (Å²) < 4.78 is 0. The Labute approximate surface area is 113 Å². The fourth-order valence-electron chi connectivity index (χ4n) is 1.45. The normalized spacial score (nSPS) is 10.1. The summed E-state index contributed by atoms with van der Waals surface area (Å²) >= 11 is 7.05. The maximum absolute atomic E-state index is 11.7. The van der Waals surface area contributed by atoms with Gasteiger partial charge in [-0.15, -0.1) is 11.3 Å². The highest BCUT2D eigenvalue weighted by molar-refractivity contribution is 7.14. The summed E-state index contributed by atoms with van der Waals surface area (Å²) in [7, 11) is 0. The predicted molar refractivity (Wildman–Crippen MR) is 71.8 cm³/mol. The number of benzene rings is 1. The number of halogens is 1. The van der Waals surface area contributed by atoms with Crippen molar-refractivity contribution in [1.82, 2.24) is 4.98 Å². The third-order valence-electron chi connectivity index (χ3n) is 2.22. The van der Waals surface area contributed by atoms with Gasteiger partial charge >= 0.3 is 0 Å². The molecule has 1 amide bonds. The molecule has 0 N–H and O–H groups in total. The first kappa shape index (κ1) is 12.7. The molecule has 2 rings (SSSR count). The minimum Gasteiger partial charge on any atom is -0.296 e. The molecule has 1 aromatic heterocycles. The molecule has 6 heteroatoms. The summed E-state index contributed by atoms with van der Waals surface area (Å²) in [6.45, 7) is 1.44. The summed E-state index contributed by atoms with van der Waals surface area (Å²) in [6, 6.07) is 6.85. The van der Waals surface area contributed by atoms with Gasteiger partial charge in [-0.2, -0.15) is 0 Å². The van der Waals surface area contributed by atoms with Crippen molar-refractivity contribution in [3.05, 3.63) is 40.4 Å². The lowest BCUT2D eigenvalue weighted by Crippen LogP contribution is -2.22. The molecular formula is C12H9ClN2O2S. The van der Waals surface area contributed by atoms with Crippen LogP contribution < -0.4 is 4.90 Å². The highest BCUT2D eigenvalue weighted by atomic mass is 35.5. The van der Waals surface area contributed by atoms with Gasteiger partial charge in [-0.3, -0.25) is 14.5 Å². The molecule has 0 bridgehead atoms. The summed E-state index contributed by atoms with van der Waals surface area (Å²) in [4.78, 5) is 27.8. The quantitative estimate of drug-likeness (QED) is 0.811. The second-order valence-corrected chi connectivity index (χ2v) is 4.78. The Morgan fingerprint density at radius 1 is 1.39 bits per heavy atom. The number of thiazole rings is 1. The lowest BCUT2D eigenvalue weighted by Gasteiger charge is -2.17. The molecule has 0 aliphatic carbocycles. The molecule has 4 nitrogen and oxygen atoms in total. The molecule has 0 fully saturated rings. The molecule has 2 aromatic rings. The summed E-state index contributed by atoms with van der Waals surface area (Å²) in [5.41, 5.74) is 0.980. The van der Waals surface area contributed by atoms with Gasteiger partial charge in [0.25, 0.3) is 0 Å². The van der Waals surface area contributed by atoms with E-state index < -0.39 is 0 Å². The fraction of sp³-hybridized carbons (Fsp3) is 0.0833. The number of aldehydes is 1. The van der Waals surface area contributed by atoms with Crippen LogP contribution in [0, 0.1) is 0 Å². The minimum atomic E-state index is -0.177. The second-order valence-electron chi connectivity index (χ2n) is 3.50. The summed E-state index contributed by atoms with van der Waals surface area (Å²) in [6.07, 6.45) is 0.653. The first-order valence-electron chi connectivity index (χ1n) is 5.09. The minimum absolute atomic E-state index is 0.177. The van der Waals surface area contributed by atoms with Crippen LogP contribution in [-0.4, -0.2) is 17.2 Å². The Balaban J connectivity index is 2.42. The molecule has 1 aromatic carbocycles. The average Bonchev–Trinajstić information content (AvgIpc) is 2.80. The van der Waals surface area contributed by atoms with Crippen LogP contribution in [0.25, 0.3) is 0 Å². The van der Waals surface area contributed by atoms with Gasteiger partial charge in [-0.25, -0.2) is 4.98 Å². The number of hydrogen-bond donors (Lipinski definition) is 0. The van der Waals surface area contributed by atoms with Crippen LogP contribution in [0.1, 0.15) is 17.4 Å². The van der Waals surface area contributed by atoms with Gasteiger partial charge < -0.3 is 0 Å². The summed E-state index contributed by atoms with van der Waals surface area (Å²) in [5, 5.41) is 2.66. The van der Waals surface area contributed by atoms with Crippen molar-refractivity contribution < 1.29 is 9.59 Å². The van der Waals surface area contributed by atoms with Crippen LogP contribution in [-0.2, 0) is 4.79 Å². The Morgan fingerprint density at radius 3 is 2.56 bits per heavy atom. The summed E-state index contributed by atoms with van der Waals surface area (Å²) in [5.74, 6) is -0.177. The SMILES string of the molecule is CC(=O)N(c1ccc(Cl)cc1)c1nc(C=O)cs1. The number of rotatable bonds is 3. The number of aromatic nitrogens is 1. The van der Waals surface area contributed by atoms with Crippen molar-refractivity contribution in [1.29, 1.82) is 0 Å². The highest BCUT2D eigenvalue weighted by Gasteiger charge is 2.17. The maximum Gasteiger partial charge on any atom is 0.230 e. The lowest BCUT2D eigenvalue weighted by molar-refractivity contribution is -0.115. The van der Waals surface area contributed by atoms with Gasteiger partial charge in [-0.05, 0) is 24.3 Å². The molecule has 0 radical (unpaired) electrons. The van der Waals surface area contributed by atoms with E-state index in [2.05, 4.69) is 4.98 Å². The van der Waals surface area contributed by atoms with Gasteiger partial charge in [0.15, 0.2) is 11.4 Å². The van der Waals surface area contributed by atoms with E-state index in [1.807, 2.05) is 0 Å². The zero-order valence-electron chi connectivity index (χ0n) is 9.46. The lowest BCUT2D eigenvalue weighted by atomic mass is 10.3. The van der Waals surface area contributed by atoms with Gasteiger partial charge in [0, 0.05) is 17.3 Å². The van der Waals surface area contributed by atoms with E-state index in [1.165, 1.54) is 23.2 Å². The second kappa shape index (κ2) is 5.29. The first-order valence-corrected chi connectivity index (χ1v) is 6.34. The third-order valence-corrected chi connectivity index (χ3v) is 3.32.